The first kappa shape index (κ1) is 17.0. The average Bonchev–Trinajstić information content (AvgIpc) is 2.53. The van der Waals surface area contributed by atoms with Gasteiger partial charge in [-0.1, -0.05) is 22.0 Å². The van der Waals surface area contributed by atoms with Crippen LogP contribution >= 0.6 is 15.9 Å². The summed E-state index contributed by atoms with van der Waals surface area (Å²) < 4.78 is 0.948. The lowest BCUT2D eigenvalue weighted by Gasteiger charge is -2.11. The number of halogens is 1. The highest BCUT2D eigenvalue weighted by molar-refractivity contribution is 9.10. The summed E-state index contributed by atoms with van der Waals surface area (Å²) in [4.78, 5) is 25.2. The first-order valence-corrected chi connectivity index (χ1v) is 7.86. The maximum Gasteiger partial charge on any atom is 0.253 e. The van der Waals surface area contributed by atoms with Gasteiger partial charge in [-0.15, -0.1) is 0 Å². The third kappa shape index (κ3) is 5.10. The molecule has 0 fully saturated rings. The molecule has 2 aromatic carbocycles. The van der Waals surface area contributed by atoms with Gasteiger partial charge in [0.05, 0.1) is 6.54 Å². The van der Waals surface area contributed by atoms with Crippen molar-refractivity contribution in [2.75, 3.05) is 31.3 Å². The number of amides is 2. The SMILES string of the molecule is CN(C)C(=O)c1ccc(NC(=O)CNc2cccc(Br)c2)cc1. The van der Waals surface area contributed by atoms with Gasteiger partial charge in [0.25, 0.3) is 5.91 Å². The van der Waals surface area contributed by atoms with Crippen molar-refractivity contribution in [1.29, 1.82) is 0 Å². The Hall–Kier alpha value is -2.34. The van der Waals surface area contributed by atoms with Crippen LogP contribution in [0.1, 0.15) is 10.4 Å². The molecule has 5 nitrogen and oxygen atoms in total. The lowest BCUT2D eigenvalue weighted by molar-refractivity contribution is -0.114. The van der Waals surface area contributed by atoms with E-state index < -0.39 is 0 Å². The molecule has 0 heterocycles. The zero-order chi connectivity index (χ0) is 16.8. The van der Waals surface area contributed by atoms with Gasteiger partial charge >= 0.3 is 0 Å². The maximum absolute atomic E-state index is 11.9. The molecule has 120 valence electrons. The van der Waals surface area contributed by atoms with Gasteiger partial charge < -0.3 is 15.5 Å². The second-order valence-electron chi connectivity index (χ2n) is 5.19. The smallest absolute Gasteiger partial charge is 0.253 e. The second-order valence-corrected chi connectivity index (χ2v) is 6.10. The first-order chi connectivity index (χ1) is 11.0. The molecule has 0 aliphatic heterocycles. The Kier molecular flexibility index (Phi) is 5.76. The average molecular weight is 376 g/mol. The van der Waals surface area contributed by atoms with Crippen LogP contribution in [0.4, 0.5) is 11.4 Å². The van der Waals surface area contributed by atoms with Crippen LogP contribution < -0.4 is 10.6 Å². The number of nitrogens with zero attached hydrogens (tertiary/aromatic N) is 1. The molecule has 0 spiro atoms. The molecule has 0 atom stereocenters. The molecule has 0 saturated carbocycles. The van der Waals surface area contributed by atoms with Crippen molar-refractivity contribution in [2.45, 2.75) is 0 Å². The van der Waals surface area contributed by atoms with Gasteiger partial charge in [0.1, 0.15) is 0 Å². The Bertz CT molecular complexity index is 699. The lowest BCUT2D eigenvalue weighted by atomic mass is 10.2. The summed E-state index contributed by atoms with van der Waals surface area (Å²) >= 11 is 3.38. The fraction of sp³-hybridized carbons (Fsp3) is 0.176. The Labute approximate surface area is 143 Å². The maximum atomic E-state index is 11.9. The molecule has 2 rings (SSSR count). The Morgan fingerprint density at radius 3 is 2.35 bits per heavy atom. The van der Waals surface area contributed by atoms with E-state index in [1.54, 1.807) is 38.4 Å². The van der Waals surface area contributed by atoms with Crippen LogP contribution in [-0.2, 0) is 4.79 Å². The number of benzene rings is 2. The van der Waals surface area contributed by atoms with Gasteiger partial charge in [-0.25, -0.2) is 0 Å². The number of carbonyl (C=O) groups is 2. The predicted molar refractivity (Wildman–Crippen MR) is 95.7 cm³/mol. The molecule has 0 aliphatic carbocycles. The van der Waals surface area contributed by atoms with E-state index in [1.807, 2.05) is 24.3 Å². The first-order valence-electron chi connectivity index (χ1n) is 7.07. The van der Waals surface area contributed by atoms with Crippen molar-refractivity contribution >= 4 is 39.1 Å². The van der Waals surface area contributed by atoms with E-state index in [9.17, 15) is 9.59 Å². The number of nitrogens with one attached hydrogen (secondary N) is 2. The highest BCUT2D eigenvalue weighted by atomic mass is 79.9. The van der Waals surface area contributed by atoms with Crippen molar-refractivity contribution in [3.63, 3.8) is 0 Å². The minimum atomic E-state index is -0.156. The standard InChI is InChI=1S/C17H18BrN3O2/c1-21(2)17(23)12-6-8-14(9-7-12)20-16(22)11-19-15-5-3-4-13(18)10-15/h3-10,19H,11H2,1-2H3,(H,20,22). The minimum Gasteiger partial charge on any atom is -0.376 e. The van der Waals surface area contributed by atoms with Crippen molar-refractivity contribution in [3.8, 4) is 0 Å². The monoisotopic (exact) mass is 375 g/mol. The Morgan fingerprint density at radius 2 is 1.74 bits per heavy atom. The number of hydrogen-bond donors (Lipinski definition) is 2. The van der Waals surface area contributed by atoms with E-state index >= 15 is 0 Å². The van der Waals surface area contributed by atoms with Gasteiger partial charge in [-0.05, 0) is 42.5 Å². The zero-order valence-electron chi connectivity index (χ0n) is 13.0. The summed E-state index contributed by atoms with van der Waals surface area (Å²) in [5.41, 5.74) is 2.10. The molecule has 0 aliphatic rings. The van der Waals surface area contributed by atoms with Crippen molar-refractivity contribution < 1.29 is 9.59 Å². The lowest BCUT2D eigenvalue weighted by Crippen LogP contribution is -2.22. The van der Waals surface area contributed by atoms with E-state index in [4.69, 9.17) is 0 Å². The van der Waals surface area contributed by atoms with Crippen LogP contribution in [0.25, 0.3) is 0 Å². The van der Waals surface area contributed by atoms with E-state index in [2.05, 4.69) is 26.6 Å². The third-order valence-electron chi connectivity index (χ3n) is 3.10. The molecular formula is C17H18BrN3O2. The summed E-state index contributed by atoms with van der Waals surface area (Å²) in [5, 5.41) is 5.83. The molecule has 2 N–H and O–H groups in total. The Morgan fingerprint density at radius 1 is 1.04 bits per heavy atom. The normalized spacial score (nSPS) is 10.0. The van der Waals surface area contributed by atoms with Crippen LogP contribution in [0.15, 0.2) is 53.0 Å². The zero-order valence-corrected chi connectivity index (χ0v) is 14.6. The molecule has 2 amide bonds. The molecule has 6 heteroatoms. The fourth-order valence-electron chi connectivity index (χ4n) is 1.94. The quantitative estimate of drug-likeness (QED) is 0.843. The summed E-state index contributed by atoms with van der Waals surface area (Å²) in [6, 6.07) is 14.4. The van der Waals surface area contributed by atoms with Crippen molar-refractivity contribution in [3.05, 3.63) is 58.6 Å². The third-order valence-corrected chi connectivity index (χ3v) is 3.59. The number of hydrogen-bond acceptors (Lipinski definition) is 3. The second kappa shape index (κ2) is 7.78. The van der Waals surface area contributed by atoms with Gasteiger partial charge in [0, 0.05) is 35.5 Å². The molecule has 0 bridgehead atoms. The molecule has 0 unspecified atom stereocenters. The van der Waals surface area contributed by atoms with Crippen LogP contribution in [0.2, 0.25) is 0 Å². The summed E-state index contributed by atoms with van der Waals surface area (Å²) in [6.07, 6.45) is 0. The minimum absolute atomic E-state index is 0.0702. The van der Waals surface area contributed by atoms with Crippen LogP contribution in [0.5, 0.6) is 0 Å². The number of carbonyl (C=O) groups excluding carboxylic acids is 2. The topological polar surface area (TPSA) is 61.4 Å². The summed E-state index contributed by atoms with van der Waals surface area (Å²) in [6.45, 7) is 0.162. The Balaban J connectivity index is 1.89. The molecule has 0 aromatic heterocycles. The summed E-state index contributed by atoms with van der Waals surface area (Å²) in [7, 11) is 3.40. The number of anilines is 2. The number of rotatable bonds is 5. The van der Waals surface area contributed by atoms with E-state index in [1.165, 1.54) is 4.90 Å². The van der Waals surface area contributed by atoms with E-state index in [0.717, 1.165) is 10.2 Å². The molecule has 0 saturated heterocycles. The van der Waals surface area contributed by atoms with Crippen molar-refractivity contribution in [2.24, 2.45) is 0 Å². The van der Waals surface area contributed by atoms with Gasteiger partial charge in [-0.3, -0.25) is 9.59 Å². The largest absolute Gasteiger partial charge is 0.376 e. The van der Waals surface area contributed by atoms with Crippen LogP contribution in [0.3, 0.4) is 0 Å². The van der Waals surface area contributed by atoms with E-state index in [-0.39, 0.29) is 18.4 Å². The summed E-state index contributed by atoms with van der Waals surface area (Å²) in [5.74, 6) is -0.226. The highest BCUT2D eigenvalue weighted by Crippen LogP contribution is 2.15. The molecule has 0 radical (unpaired) electrons. The molecule has 23 heavy (non-hydrogen) atoms. The van der Waals surface area contributed by atoms with E-state index in [0.29, 0.717) is 11.3 Å². The molecular weight excluding hydrogens is 358 g/mol. The van der Waals surface area contributed by atoms with Gasteiger partial charge in [0.15, 0.2) is 0 Å². The van der Waals surface area contributed by atoms with Crippen LogP contribution in [0, 0.1) is 0 Å². The van der Waals surface area contributed by atoms with Gasteiger partial charge in [0.2, 0.25) is 5.91 Å². The predicted octanol–water partition coefficient (Wildman–Crippen LogP) is 3.20. The molecule has 2 aromatic rings. The van der Waals surface area contributed by atoms with Gasteiger partial charge in [-0.2, -0.15) is 0 Å². The van der Waals surface area contributed by atoms with Crippen molar-refractivity contribution in [1.82, 2.24) is 4.90 Å². The highest BCUT2D eigenvalue weighted by Gasteiger charge is 2.08. The van der Waals surface area contributed by atoms with Crippen LogP contribution in [-0.4, -0.2) is 37.4 Å². The fourth-order valence-corrected chi connectivity index (χ4v) is 2.34.